The summed E-state index contributed by atoms with van der Waals surface area (Å²) in [6, 6.07) is 0. The van der Waals surface area contributed by atoms with E-state index in [-0.39, 0.29) is 24.0 Å². The van der Waals surface area contributed by atoms with E-state index in [1.165, 1.54) is 128 Å². The van der Waals surface area contributed by atoms with Crippen LogP contribution in [0.1, 0.15) is 272 Å². The van der Waals surface area contributed by atoms with Gasteiger partial charge in [-0.3, -0.25) is 14.4 Å². The van der Waals surface area contributed by atoms with Gasteiger partial charge in [0, 0.05) is 19.3 Å². The van der Waals surface area contributed by atoms with Gasteiger partial charge in [0.25, 0.3) is 0 Å². The van der Waals surface area contributed by atoms with Crippen molar-refractivity contribution < 1.29 is 28.6 Å². The highest BCUT2D eigenvalue weighted by Crippen LogP contribution is 2.25. The molecule has 0 spiro atoms. The maximum absolute atomic E-state index is 12.7. The highest BCUT2D eigenvalue weighted by atomic mass is 16.5. The van der Waals surface area contributed by atoms with Gasteiger partial charge in [-0.05, 0) is 103 Å². The fourth-order valence-corrected chi connectivity index (χ4v) is 8.57. The Bertz CT molecular complexity index is 860. The second-order valence-corrected chi connectivity index (χ2v) is 18.8. The molecule has 0 atom stereocenters. The summed E-state index contributed by atoms with van der Waals surface area (Å²) in [4.78, 5) is 39.4. The standard InChI is InChI=1S/C53H103NO6/c1-7-11-21-34-48(35-22-12-8-2)38-29-31-46-58-51(55)42-27-19-15-17-25-40-50(60-53(57)44-33-45-54(5)6)41-26-18-16-20-28-43-52(56)59-47-32-30-39-49(36-23-13-9-3)37-24-14-10-4/h48-50H,7-47H2,1-6H3. The Hall–Kier alpha value is -1.63. The van der Waals surface area contributed by atoms with E-state index in [0.29, 0.717) is 32.5 Å². The van der Waals surface area contributed by atoms with Crippen LogP contribution in [0.2, 0.25) is 0 Å². The van der Waals surface area contributed by atoms with Crippen LogP contribution in [-0.2, 0) is 28.6 Å². The van der Waals surface area contributed by atoms with Crippen molar-refractivity contribution in [2.45, 2.75) is 278 Å². The molecule has 7 nitrogen and oxygen atoms in total. The summed E-state index contributed by atoms with van der Waals surface area (Å²) in [5.41, 5.74) is 0. The highest BCUT2D eigenvalue weighted by Gasteiger charge is 2.15. The van der Waals surface area contributed by atoms with Crippen molar-refractivity contribution in [1.29, 1.82) is 0 Å². The molecular weight excluding hydrogens is 747 g/mol. The SMILES string of the molecule is CCCCCC(CCCCC)CCCCOC(=O)CCCCCCCC(CCCCCCCC(=O)OCCCCC(CCCCC)CCCCC)OC(=O)CCCN(C)C. The van der Waals surface area contributed by atoms with E-state index in [1.54, 1.807) is 0 Å². The van der Waals surface area contributed by atoms with Gasteiger partial charge in [-0.25, -0.2) is 0 Å². The van der Waals surface area contributed by atoms with Gasteiger partial charge >= 0.3 is 17.9 Å². The molecule has 0 aliphatic rings. The third-order valence-corrected chi connectivity index (χ3v) is 12.5. The quantitative estimate of drug-likeness (QED) is 0.0343. The smallest absolute Gasteiger partial charge is 0.306 e. The lowest BCUT2D eigenvalue weighted by Crippen LogP contribution is -2.20. The van der Waals surface area contributed by atoms with E-state index in [0.717, 1.165) is 115 Å². The van der Waals surface area contributed by atoms with Crippen LogP contribution in [0, 0.1) is 11.8 Å². The van der Waals surface area contributed by atoms with Crippen LogP contribution < -0.4 is 0 Å². The van der Waals surface area contributed by atoms with Crippen LogP contribution >= 0.6 is 0 Å². The normalized spacial score (nSPS) is 11.7. The van der Waals surface area contributed by atoms with Crippen LogP contribution in [0.15, 0.2) is 0 Å². The van der Waals surface area contributed by atoms with Crippen molar-refractivity contribution >= 4 is 17.9 Å². The van der Waals surface area contributed by atoms with Gasteiger partial charge < -0.3 is 19.1 Å². The molecule has 0 bridgehead atoms. The Morgan fingerprint density at radius 3 is 1.05 bits per heavy atom. The molecule has 0 aromatic rings. The van der Waals surface area contributed by atoms with Gasteiger partial charge in [-0.15, -0.1) is 0 Å². The van der Waals surface area contributed by atoms with Crippen LogP contribution in [-0.4, -0.2) is 62.8 Å². The van der Waals surface area contributed by atoms with Gasteiger partial charge in [0.2, 0.25) is 0 Å². The predicted molar refractivity (Wildman–Crippen MR) is 255 cm³/mol. The number of rotatable bonds is 47. The first-order valence-electron chi connectivity index (χ1n) is 26.4. The van der Waals surface area contributed by atoms with Crippen molar-refractivity contribution in [1.82, 2.24) is 4.90 Å². The molecule has 60 heavy (non-hydrogen) atoms. The zero-order valence-corrected chi connectivity index (χ0v) is 41.1. The Morgan fingerprint density at radius 2 is 0.683 bits per heavy atom. The number of nitrogens with zero attached hydrogens (tertiary/aromatic N) is 1. The molecule has 0 amide bonds. The van der Waals surface area contributed by atoms with Crippen LogP contribution in [0.25, 0.3) is 0 Å². The monoisotopic (exact) mass is 850 g/mol. The van der Waals surface area contributed by atoms with Gasteiger partial charge in [0.1, 0.15) is 6.10 Å². The fourth-order valence-electron chi connectivity index (χ4n) is 8.57. The topological polar surface area (TPSA) is 82.1 Å². The summed E-state index contributed by atoms with van der Waals surface area (Å²) in [5.74, 6) is 1.53. The van der Waals surface area contributed by atoms with Gasteiger partial charge in [-0.2, -0.15) is 0 Å². The minimum Gasteiger partial charge on any atom is -0.466 e. The Labute approximate surface area is 373 Å². The Morgan fingerprint density at radius 1 is 0.367 bits per heavy atom. The van der Waals surface area contributed by atoms with Crippen molar-refractivity contribution in [2.24, 2.45) is 11.8 Å². The number of hydrogen-bond donors (Lipinski definition) is 0. The second-order valence-electron chi connectivity index (χ2n) is 18.8. The zero-order valence-electron chi connectivity index (χ0n) is 41.1. The van der Waals surface area contributed by atoms with Crippen molar-refractivity contribution in [3.63, 3.8) is 0 Å². The number of carbonyl (C=O) groups excluding carboxylic acids is 3. The number of ether oxygens (including phenoxy) is 3. The first-order chi connectivity index (χ1) is 29.2. The molecule has 0 aliphatic carbocycles. The van der Waals surface area contributed by atoms with Crippen molar-refractivity contribution in [3.8, 4) is 0 Å². The lowest BCUT2D eigenvalue weighted by molar-refractivity contribution is -0.150. The summed E-state index contributed by atoms with van der Waals surface area (Å²) in [7, 11) is 4.06. The fraction of sp³-hybridized carbons (Fsp3) is 0.943. The third-order valence-electron chi connectivity index (χ3n) is 12.5. The van der Waals surface area contributed by atoms with Gasteiger partial charge in [0.05, 0.1) is 13.2 Å². The molecule has 0 radical (unpaired) electrons. The number of unbranched alkanes of at least 4 members (excludes halogenated alkanes) is 18. The molecule has 0 aromatic heterocycles. The van der Waals surface area contributed by atoms with E-state index in [2.05, 4.69) is 32.6 Å². The Kier molecular flexibility index (Phi) is 44.2. The molecule has 0 unspecified atom stereocenters. The average Bonchev–Trinajstić information content (AvgIpc) is 3.22. The molecule has 0 heterocycles. The maximum atomic E-state index is 12.7. The van der Waals surface area contributed by atoms with E-state index in [4.69, 9.17) is 14.2 Å². The molecule has 0 rings (SSSR count). The number of esters is 3. The summed E-state index contributed by atoms with van der Waals surface area (Å²) in [6.07, 6.45) is 42.7. The van der Waals surface area contributed by atoms with Gasteiger partial charge in [0.15, 0.2) is 0 Å². The summed E-state index contributed by atoms with van der Waals surface area (Å²) in [5, 5.41) is 0. The molecule has 0 saturated heterocycles. The highest BCUT2D eigenvalue weighted by molar-refractivity contribution is 5.70. The Balaban J connectivity index is 4.24. The number of hydrogen-bond acceptors (Lipinski definition) is 7. The first kappa shape index (κ1) is 58.4. The first-order valence-corrected chi connectivity index (χ1v) is 26.4. The summed E-state index contributed by atoms with van der Waals surface area (Å²) in [6.45, 7) is 11.1. The zero-order chi connectivity index (χ0) is 44.2. The lowest BCUT2D eigenvalue weighted by atomic mass is 9.90. The summed E-state index contributed by atoms with van der Waals surface area (Å²) >= 11 is 0. The van der Waals surface area contributed by atoms with Crippen molar-refractivity contribution in [2.75, 3.05) is 33.9 Å². The summed E-state index contributed by atoms with van der Waals surface area (Å²) < 4.78 is 17.1. The van der Waals surface area contributed by atoms with Crippen LogP contribution in [0.4, 0.5) is 0 Å². The van der Waals surface area contributed by atoms with Crippen LogP contribution in [0.3, 0.4) is 0 Å². The minimum atomic E-state index is -0.0728. The molecule has 0 saturated carbocycles. The molecule has 0 N–H and O–H groups in total. The molecule has 356 valence electrons. The molecule has 0 fully saturated rings. The molecular formula is C53H103NO6. The minimum absolute atomic E-state index is 0.0206. The van der Waals surface area contributed by atoms with E-state index in [1.807, 2.05) is 14.1 Å². The largest absolute Gasteiger partial charge is 0.466 e. The molecule has 0 aliphatic heterocycles. The number of carbonyl (C=O) groups is 3. The second kappa shape index (κ2) is 45.4. The molecule has 0 aromatic carbocycles. The van der Waals surface area contributed by atoms with Crippen LogP contribution in [0.5, 0.6) is 0 Å². The van der Waals surface area contributed by atoms with E-state index < -0.39 is 0 Å². The lowest BCUT2D eigenvalue weighted by Gasteiger charge is -2.18. The van der Waals surface area contributed by atoms with Gasteiger partial charge in [-0.1, -0.05) is 182 Å². The maximum Gasteiger partial charge on any atom is 0.306 e. The molecule has 7 heteroatoms. The van der Waals surface area contributed by atoms with Crippen molar-refractivity contribution in [3.05, 3.63) is 0 Å². The average molecular weight is 850 g/mol. The predicted octanol–water partition coefficient (Wildman–Crippen LogP) is 15.7. The van der Waals surface area contributed by atoms with E-state index >= 15 is 0 Å². The van der Waals surface area contributed by atoms with E-state index in [9.17, 15) is 14.4 Å². The third kappa shape index (κ3) is 41.7.